The van der Waals surface area contributed by atoms with Gasteiger partial charge in [-0.25, -0.2) is 0 Å². The number of hydrogen-bond acceptors (Lipinski definition) is 6. The molecule has 0 bridgehead atoms. The molecule has 0 radical (unpaired) electrons. The first-order valence-corrected chi connectivity index (χ1v) is 7.91. The number of nitrogens with two attached hydrogens (primary N) is 1. The summed E-state index contributed by atoms with van der Waals surface area (Å²) in [5, 5.41) is 4.05. The Labute approximate surface area is 128 Å². The fraction of sp³-hybridized carbons (Fsp3) is 0.667. The summed E-state index contributed by atoms with van der Waals surface area (Å²) < 4.78 is 3.91. The van der Waals surface area contributed by atoms with E-state index in [9.17, 15) is 4.79 Å². The third-order valence-corrected chi connectivity index (χ3v) is 4.16. The van der Waals surface area contributed by atoms with Crippen molar-refractivity contribution < 1.29 is 4.79 Å². The van der Waals surface area contributed by atoms with Crippen LogP contribution in [0.2, 0.25) is 0 Å². The number of aryl methyl sites for hydroxylation is 1. The summed E-state index contributed by atoms with van der Waals surface area (Å²) in [5.74, 6) is 0.0541. The Morgan fingerprint density at radius 3 is 2.70 bits per heavy atom. The molecule has 0 aromatic carbocycles. The van der Waals surface area contributed by atoms with Crippen molar-refractivity contribution in [3.8, 4) is 0 Å². The summed E-state index contributed by atoms with van der Waals surface area (Å²) in [4.78, 5) is 17.7. The molecule has 1 amide bonds. The van der Waals surface area contributed by atoms with Gasteiger partial charge < -0.3 is 10.6 Å². The quantitative estimate of drug-likeness (QED) is 0.800. The van der Waals surface area contributed by atoms with Crippen molar-refractivity contribution in [2.45, 2.75) is 19.8 Å². The van der Waals surface area contributed by atoms with Gasteiger partial charge in [0.1, 0.15) is 4.88 Å². The second-order valence-electron chi connectivity index (χ2n) is 4.83. The van der Waals surface area contributed by atoms with Gasteiger partial charge in [0.05, 0.1) is 10.7 Å². The molecule has 0 unspecified atom stereocenters. The molecule has 1 aliphatic rings. The molecule has 6 nitrogen and oxygen atoms in total. The van der Waals surface area contributed by atoms with Gasteiger partial charge in [-0.2, -0.15) is 0 Å². The van der Waals surface area contributed by atoms with Crippen LogP contribution in [0.3, 0.4) is 0 Å². The fourth-order valence-electron chi connectivity index (χ4n) is 2.24. The van der Waals surface area contributed by atoms with E-state index >= 15 is 0 Å². The SMILES string of the molecule is CCCc1nnsc1C(=O)N1CCN(CC(N)=S)CC1. The van der Waals surface area contributed by atoms with Gasteiger partial charge in [-0.1, -0.05) is 30.1 Å². The smallest absolute Gasteiger partial charge is 0.267 e. The molecular weight excluding hydrogens is 294 g/mol. The molecule has 20 heavy (non-hydrogen) atoms. The molecule has 1 saturated heterocycles. The summed E-state index contributed by atoms with van der Waals surface area (Å²) in [6.07, 6.45) is 1.77. The normalized spacial score (nSPS) is 16.4. The summed E-state index contributed by atoms with van der Waals surface area (Å²) in [5.41, 5.74) is 6.37. The maximum atomic E-state index is 12.5. The van der Waals surface area contributed by atoms with Gasteiger partial charge in [0.2, 0.25) is 0 Å². The molecule has 2 rings (SSSR count). The summed E-state index contributed by atoms with van der Waals surface area (Å²) >= 11 is 6.11. The van der Waals surface area contributed by atoms with E-state index in [1.54, 1.807) is 0 Å². The lowest BCUT2D eigenvalue weighted by atomic mass is 10.2. The fourth-order valence-corrected chi connectivity index (χ4v) is 3.10. The lowest BCUT2D eigenvalue weighted by molar-refractivity contribution is 0.0658. The van der Waals surface area contributed by atoms with E-state index in [1.165, 1.54) is 11.5 Å². The highest BCUT2D eigenvalue weighted by Crippen LogP contribution is 2.16. The Morgan fingerprint density at radius 1 is 1.40 bits per heavy atom. The maximum Gasteiger partial charge on any atom is 0.267 e. The van der Waals surface area contributed by atoms with E-state index in [2.05, 4.69) is 21.4 Å². The highest BCUT2D eigenvalue weighted by atomic mass is 32.1. The molecule has 0 aliphatic carbocycles. The maximum absolute atomic E-state index is 12.5. The first-order chi connectivity index (χ1) is 9.61. The van der Waals surface area contributed by atoms with Crippen molar-refractivity contribution in [2.24, 2.45) is 5.73 Å². The van der Waals surface area contributed by atoms with Crippen LogP contribution < -0.4 is 5.73 Å². The molecule has 0 atom stereocenters. The number of hydrogen-bond donors (Lipinski definition) is 1. The number of thiocarbonyl (C=S) groups is 1. The average molecular weight is 313 g/mol. The first-order valence-electron chi connectivity index (χ1n) is 6.73. The molecule has 1 aliphatic heterocycles. The average Bonchev–Trinajstić information content (AvgIpc) is 2.87. The van der Waals surface area contributed by atoms with Crippen molar-refractivity contribution >= 4 is 34.6 Å². The van der Waals surface area contributed by atoms with E-state index < -0.39 is 0 Å². The van der Waals surface area contributed by atoms with Crippen LogP contribution in [0.5, 0.6) is 0 Å². The number of nitrogens with zero attached hydrogens (tertiary/aromatic N) is 4. The number of rotatable bonds is 5. The summed E-state index contributed by atoms with van der Waals surface area (Å²) in [7, 11) is 0. The highest BCUT2D eigenvalue weighted by molar-refractivity contribution is 7.80. The Balaban J connectivity index is 1.94. The molecule has 0 saturated carbocycles. The van der Waals surface area contributed by atoms with Gasteiger partial charge in [0.25, 0.3) is 5.91 Å². The minimum atomic E-state index is 0.0541. The number of carbonyl (C=O) groups is 1. The Hall–Kier alpha value is -1.12. The van der Waals surface area contributed by atoms with Crippen molar-refractivity contribution in [1.29, 1.82) is 0 Å². The number of piperazine rings is 1. The van der Waals surface area contributed by atoms with Gasteiger partial charge in [-0.15, -0.1) is 5.10 Å². The summed E-state index contributed by atoms with van der Waals surface area (Å²) in [6, 6.07) is 0. The predicted octanol–water partition coefficient (Wildman–Crippen LogP) is 0.535. The molecule has 1 aromatic rings. The van der Waals surface area contributed by atoms with Crippen LogP contribution in [0, 0.1) is 0 Å². The third-order valence-electron chi connectivity index (χ3n) is 3.28. The second-order valence-corrected chi connectivity index (χ2v) is 6.11. The van der Waals surface area contributed by atoms with Crippen LogP contribution in [0.4, 0.5) is 0 Å². The topological polar surface area (TPSA) is 75.4 Å². The molecular formula is C12H19N5OS2. The monoisotopic (exact) mass is 313 g/mol. The van der Waals surface area contributed by atoms with E-state index in [4.69, 9.17) is 18.0 Å². The predicted molar refractivity (Wildman–Crippen MR) is 83.0 cm³/mol. The van der Waals surface area contributed by atoms with Crippen LogP contribution in [0.1, 0.15) is 28.7 Å². The zero-order valence-corrected chi connectivity index (χ0v) is 13.2. The van der Waals surface area contributed by atoms with Gasteiger partial charge in [0.15, 0.2) is 0 Å². The molecule has 2 N–H and O–H groups in total. The standard InChI is InChI=1S/C12H19N5OS2/c1-2-3-9-11(20-15-14-9)12(18)17-6-4-16(5-7-17)8-10(13)19/h2-8H2,1H3,(H2,13,19). The minimum Gasteiger partial charge on any atom is -0.392 e. The number of amides is 1. The van der Waals surface area contributed by atoms with E-state index in [1.807, 2.05) is 4.90 Å². The van der Waals surface area contributed by atoms with Crippen LogP contribution in [0.25, 0.3) is 0 Å². The number of carbonyl (C=O) groups excluding carboxylic acids is 1. The first kappa shape index (κ1) is 15.3. The van der Waals surface area contributed by atoms with Crippen molar-refractivity contribution in [3.63, 3.8) is 0 Å². The summed E-state index contributed by atoms with van der Waals surface area (Å²) in [6.45, 7) is 5.70. The minimum absolute atomic E-state index is 0.0541. The molecule has 1 fully saturated rings. The van der Waals surface area contributed by atoms with E-state index in [-0.39, 0.29) is 5.91 Å². The second kappa shape index (κ2) is 7.05. The van der Waals surface area contributed by atoms with Gasteiger partial charge in [-0.05, 0) is 18.0 Å². The van der Waals surface area contributed by atoms with Crippen LogP contribution >= 0.6 is 23.8 Å². The van der Waals surface area contributed by atoms with Crippen LogP contribution in [-0.4, -0.2) is 63.0 Å². The van der Waals surface area contributed by atoms with E-state index in [0.717, 1.165) is 31.6 Å². The van der Waals surface area contributed by atoms with E-state index in [0.29, 0.717) is 29.5 Å². The van der Waals surface area contributed by atoms with Crippen molar-refractivity contribution in [1.82, 2.24) is 19.4 Å². The molecule has 0 spiro atoms. The van der Waals surface area contributed by atoms with Gasteiger partial charge >= 0.3 is 0 Å². The lowest BCUT2D eigenvalue weighted by Gasteiger charge is -2.34. The number of aromatic nitrogens is 2. The highest BCUT2D eigenvalue weighted by Gasteiger charge is 2.25. The Bertz CT molecular complexity index is 482. The van der Waals surface area contributed by atoms with Gasteiger partial charge in [0, 0.05) is 32.7 Å². The van der Waals surface area contributed by atoms with Gasteiger partial charge in [-0.3, -0.25) is 9.69 Å². The lowest BCUT2D eigenvalue weighted by Crippen LogP contribution is -2.50. The van der Waals surface area contributed by atoms with Crippen LogP contribution in [0.15, 0.2) is 0 Å². The zero-order chi connectivity index (χ0) is 14.5. The Kier molecular flexibility index (Phi) is 5.38. The molecule has 2 heterocycles. The Morgan fingerprint density at radius 2 is 2.10 bits per heavy atom. The zero-order valence-electron chi connectivity index (χ0n) is 11.5. The third kappa shape index (κ3) is 3.71. The van der Waals surface area contributed by atoms with Crippen molar-refractivity contribution in [3.05, 3.63) is 10.6 Å². The van der Waals surface area contributed by atoms with Crippen LogP contribution in [-0.2, 0) is 6.42 Å². The largest absolute Gasteiger partial charge is 0.392 e. The molecule has 110 valence electrons. The van der Waals surface area contributed by atoms with Crippen molar-refractivity contribution in [2.75, 3.05) is 32.7 Å². The molecule has 8 heteroatoms. The molecule has 1 aromatic heterocycles.